The molecule has 0 fully saturated rings. The lowest BCUT2D eigenvalue weighted by molar-refractivity contribution is 0.382. The fourth-order valence-corrected chi connectivity index (χ4v) is 12.8. The molecule has 10 nitrogen and oxygen atoms in total. The third kappa shape index (κ3) is 7.83. The Hall–Kier alpha value is -4.25. The first kappa shape index (κ1) is 38.0. The number of nitrogens with zero attached hydrogens (tertiary/aromatic N) is 2. The maximum absolute atomic E-state index is 15.0. The van der Waals surface area contributed by atoms with Crippen LogP contribution in [0.4, 0.5) is 4.39 Å². The Morgan fingerprint density at radius 1 is 0.471 bits per heavy atom. The molecule has 0 aliphatic carbocycles. The van der Waals surface area contributed by atoms with E-state index in [0.717, 1.165) is 12.1 Å². The first-order chi connectivity index (χ1) is 23.8. The van der Waals surface area contributed by atoms with E-state index in [1.165, 1.54) is 109 Å². The Balaban J connectivity index is 1.85. The number of hydrogen-bond donors (Lipinski definition) is 0. The highest BCUT2D eigenvalue weighted by Crippen LogP contribution is 2.38. The molecule has 0 spiro atoms. The summed E-state index contributed by atoms with van der Waals surface area (Å²) in [6.07, 6.45) is 0. The quantitative estimate of drug-likeness (QED) is 0.145. The molecular formula is C36H35FN2O8S4. The topological polar surface area (TPSA) is 143 Å². The third-order valence-electron chi connectivity index (χ3n) is 8.10. The van der Waals surface area contributed by atoms with Crippen LogP contribution in [0.5, 0.6) is 0 Å². The summed E-state index contributed by atoms with van der Waals surface area (Å²) in [4.78, 5) is -1.90. The first-order valence-corrected chi connectivity index (χ1v) is 21.2. The van der Waals surface area contributed by atoms with Crippen molar-refractivity contribution in [1.29, 1.82) is 0 Å². The summed E-state index contributed by atoms with van der Waals surface area (Å²) < 4.78 is 132. The van der Waals surface area contributed by atoms with Crippen molar-refractivity contribution in [2.24, 2.45) is 0 Å². The lowest BCUT2D eigenvalue weighted by Crippen LogP contribution is -2.47. The van der Waals surface area contributed by atoms with Gasteiger partial charge in [-0.2, -0.15) is 0 Å². The van der Waals surface area contributed by atoms with Crippen molar-refractivity contribution in [1.82, 2.24) is 7.42 Å². The van der Waals surface area contributed by atoms with Gasteiger partial charge < -0.3 is 0 Å². The van der Waals surface area contributed by atoms with Gasteiger partial charge in [0.25, 0.3) is 40.1 Å². The largest absolute Gasteiger partial charge is 0.256 e. The summed E-state index contributed by atoms with van der Waals surface area (Å²) in [6.45, 7) is 5.47. The van der Waals surface area contributed by atoms with Crippen molar-refractivity contribution in [3.63, 3.8) is 0 Å². The van der Waals surface area contributed by atoms with E-state index in [-0.39, 0.29) is 13.0 Å². The summed E-state index contributed by atoms with van der Waals surface area (Å²) >= 11 is 0. The molecule has 5 rings (SSSR count). The van der Waals surface area contributed by atoms with Gasteiger partial charge in [0.05, 0.1) is 32.2 Å². The van der Waals surface area contributed by atoms with Crippen LogP contribution < -0.4 is 0 Å². The standard InChI is InChI=1S/C36H35FN2O8S4/c1-26-8-16-32(17-9-26)48(40,41)38(49(42,43)33-18-10-27(2)11-19-33)25-36(30-6-5-7-31(37)24-30)39(50(44,45)34-20-12-28(3)13-21-34)51(46,47)35-22-14-29(4)15-23-35/h5-24,36H,25H2,1-4H3. The monoisotopic (exact) mass is 770 g/mol. The van der Waals surface area contributed by atoms with Crippen LogP contribution in [0.3, 0.4) is 0 Å². The summed E-state index contributed by atoms with van der Waals surface area (Å²) in [5.41, 5.74) is 2.31. The van der Waals surface area contributed by atoms with E-state index in [2.05, 4.69) is 0 Å². The summed E-state index contributed by atoms with van der Waals surface area (Å²) in [5.74, 6) is -0.910. The van der Waals surface area contributed by atoms with Crippen LogP contribution in [0.15, 0.2) is 141 Å². The molecule has 0 aliphatic heterocycles. The van der Waals surface area contributed by atoms with Crippen LogP contribution in [0.25, 0.3) is 0 Å². The fourth-order valence-electron chi connectivity index (χ4n) is 5.22. The highest BCUT2D eigenvalue weighted by molar-refractivity contribution is 8.04. The SMILES string of the molecule is Cc1ccc(S(=O)(=O)N(CC(c2cccc(F)c2)N(S(=O)(=O)c2ccc(C)cc2)S(=O)(=O)c2ccc(C)cc2)S(=O)(=O)c2ccc(C)cc2)cc1. The number of sulfonamides is 4. The molecule has 0 radical (unpaired) electrons. The zero-order valence-electron chi connectivity index (χ0n) is 28.0. The number of halogens is 1. The highest BCUT2D eigenvalue weighted by atomic mass is 32.3. The Morgan fingerprint density at radius 2 is 0.784 bits per heavy atom. The van der Waals surface area contributed by atoms with Gasteiger partial charge >= 0.3 is 0 Å². The minimum Gasteiger partial charge on any atom is -0.207 e. The van der Waals surface area contributed by atoms with Gasteiger partial charge in [0.15, 0.2) is 0 Å². The molecule has 0 amide bonds. The fraction of sp³-hybridized carbons (Fsp3) is 0.167. The summed E-state index contributed by atoms with van der Waals surface area (Å²) in [6, 6.07) is 23.1. The molecule has 51 heavy (non-hydrogen) atoms. The van der Waals surface area contributed by atoms with Gasteiger partial charge in [-0.25, -0.2) is 38.1 Å². The van der Waals surface area contributed by atoms with Gasteiger partial charge in [-0.1, -0.05) is 90.3 Å². The molecule has 268 valence electrons. The molecular weight excluding hydrogens is 736 g/mol. The molecule has 0 aromatic heterocycles. The van der Waals surface area contributed by atoms with Crippen LogP contribution in [-0.4, -0.2) is 47.6 Å². The molecule has 5 aromatic rings. The molecule has 0 bridgehead atoms. The summed E-state index contributed by atoms with van der Waals surface area (Å²) in [5, 5.41) is 0. The average molecular weight is 771 g/mol. The van der Waals surface area contributed by atoms with Gasteiger partial charge in [0.1, 0.15) is 5.82 Å². The smallest absolute Gasteiger partial charge is 0.207 e. The Morgan fingerprint density at radius 3 is 1.10 bits per heavy atom. The van der Waals surface area contributed by atoms with Crippen molar-refractivity contribution in [3.8, 4) is 0 Å². The maximum Gasteiger partial charge on any atom is 0.256 e. The van der Waals surface area contributed by atoms with Gasteiger partial charge in [0, 0.05) is 0 Å². The molecule has 0 saturated carbocycles. The van der Waals surface area contributed by atoms with Crippen molar-refractivity contribution < 1.29 is 38.1 Å². The predicted octanol–water partition coefficient (Wildman–Crippen LogP) is 6.26. The molecule has 1 unspecified atom stereocenters. The van der Waals surface area contributed by atoms with Crippen molar-refractivity contribution in [3.05, 3.63) is 155 Å². The van der Waals surface area contributed by atoms with E-state index < -0.39 is 78.1 Å². The second kappa shape index (κ2) is 14.4. The highest BCUT2D eigenvalue weighted by Gasteiger charge is 2.47. The molecule has 5 aromatic carbocycles. The van der Waals surface area contributed by atoms with Gasteiger partial charge in [0.2, 0.25) is 0 Å². The molecule has 1 atom stereocenters. The predicted molar refractivity (Wildman–Crippen MR) is 191 cm³/mol. The number of aryl methyl sites for hydroxylation is 4. The summed E-state index contributed by atoms with van der Waals surface area (Å²) in [7, 11) is -20.5. The van der Waals surface area contributed by atoms with E-state index in [0.29, 0.717) is 22.3 Å². The van der Waals surface area contributed by atoms with Crippen LogP contribution in [-0.2, 0) is 40.1 Å². The molecule has 15 heteroatoms. The molecule has 0 aliphatic rings. The van der Waals surface area contributed by atoms with E-state index in [9.17, 15) is 38.1 Å². The maximum atomic E-state index is 15.0. The first-order valence-electron chi connectivity index (χ1n) is 15.4. The van der Waals surface area contributed by atoms with Gasteiger partial charge in [-0.3, -0.25) is 0 Å². The Kier molecular flexibility index (Phi) is 10.7. The second-order valence-electron chi connectivity index (χ2n) is 12.0. The molecule has 0 N–H and O–H groups in total. The zero-order chi connectivity index (χ0) is 37.4. The minimum atomic E-state index is -5.16. The Labute approximate surface area is 299 Å². The molecule has 0 heterocycles. The number of benzene rings is 5. The van der Waals surface area contributed by atoms with Gasteiger partial charge in [-0.05, 0) is 93.9 Å². The number of rotatable bonds is 12. The lowest BCUT2D eigenvalue weighted by Gasteiger charge is -2.34. The normalized spacial score (nSPS) is 13.4. The lowest BCUT2D eigenvalue weighted by atomic mass is 10.1. The van der Waals surface area contributed by atoms with Crippen LogP contribution >= 0.6 is 0 Å². The van der Waals surface area contributed by atoms with Crippen LogP contribution in [0, 0.1) is 33.5 Å². The Bertz CT molecular complexity index is 2340. The second-order valence-corrected chi connectivity index (χ2v) is 19.8. The average Bonchev–Trinajstić information content (AvgIpc) is 3.07. The van der Waals surface area contributed by atoms with E-state index in [1.807, 2.05) is 0 Å². The third-order valence-corrected chi connectivity index (χ3v) is 16.7. The molecule has 0 saturated heterocycles. The van der Waals surface area contributed by atoms with E-state index in [4.69, 9.17) is 0 Å². The van der Waals surface area contributed by atoms with E-state index in [1.54, 1.807) is 27.7 Å². The van der Waals surface area contributed by atoms with Gasteiger partial charge in [-0.15, -0.1) is 0 Å². The van der Waals surface area contributed by atoms with Crippen molar-refractivity contribution in [2.45, 2.75) is 53.3 Å². The number of hydrogen-bond acceptors (Lipinski definition) is 8. The minimum absolute atomic E-state index is 0.0758. The van der Waals surface area contributed by atoms with Crippen molar-refractivity contribution >= 4 is 40.1 Å². The van der Waals surface area contributed by atoms with Crippen molar-refractivity contribution in [2.75, 3.05) is 6.54 Å². The van der Waals surface area contributed by atoms with Crippen LogP contribution in [0.1, 0.15) is 33.9 Å². The van der Waals surface area contributed by atoms with Crippen LogP contribution in [0.2, 0.25) is 0 Å². The zero-order valence-corrected chi connectivity index (χ0v) is 31.3. The van der Waals surface area contributed by atoms with E-state index >= 15 is 0 Å².